The molecule has 0 bridgehead atoms. The molecule has 0 saturated carbocycles. The van der Waals surface area contributed by atoms with Gasteiger partial charge in [0.25, 0.3) is 5.56 Å². The van der Waals surface area contributed by atoms with Crippen LogP contribution in [0.1, 0.15) is 12.0 Å². The fourth-order valence-electron chi connectivity index (χ4n) is 1.78. The van der Waals surface area contributed by atoms with E-state index in [2.05, 4.69) is 16.4 Å². The van der Waals surface area contributed by atoms with E-state index in [1.807, 2.05) is 31.3 Å². The molecule has 18 heavy (non-hydrogen) atoms. The average Bonchev–Trinajstić information content (AvgIpc) is 2.39. The highest BCUT2D eigenvalue weighted by Crippen LogP contribution is 2.11. The van der Waals surface area contributed by atoms with Gasteiger partial charge >= 0.3 is 0 Å². The molecular formula is C14H17N3O. The Hall–Kier alpha value is -1.94. The second-order valence-corrected chi connectivity index (χ2v) is 4.23. The van der Waals surface area contributed by atoms with Gasteiger partial charge in [0.1, 0.15) is 0 Å². The molecule has 94 valence electrons. The average molecular weight is 243 g/mol. The lowest BCUT2D eigenvalue weighted by molar-refractivity contribution is 0.809. The van der Waals surface area contributed by atoms with Crippen molar-refractivity contribution in [3.05, 3.63) is 46.5 Å². The van der Waals surface area contributed by atoms with Crippen LogP contribution in [0.3, 0.4) is 0 Å². The highest BCUT2D eigenvalue weighted by molar-refractivity contribution is 5.80. The summed E-state index contributed by atoms with van der Waals surface area (Å²) >= 11 is 0. The Morgan fingerprint density at radius 1 is 1.44 bits per heavy atom. The summed E-state index contributed by atoms with van der Waals surface area (Å²) < 4.78 is 1.50. The van der Waals surface area contributed by atoms with Gasteiger partial charge < -0.3 is 9.88 Å². The predicted molar refractivity (Wildman–Crippen MR) is 74.6 cm³/mol. The lowest BCUT2D eigenvalue weighted by atomic mass is 10.1. The number of aryl methyl sites for hydroxylation is 1. The van der Waals surface area contributed by atoms with Crippen molar-refractivity contribution in [1.82, 2.24) is 14.9 Å². The van der Waals surface area contributed by atoms with E-state index in [0.29, 0.717) is 5.39 Å². The zero-order valence-corrected chi connectivity index (χ0v) is 10.7. The maximum absolute atomic E-state index is 11.9. The molecular weight excluding hydrogens is 226 g/mol. The van der Waals surface area contributed by atoms with Crippen LogP contribution >= 0.6 is 0 Å². The number of benzene rings is 1. The van der Waals surface area contributed by atoms with Crippen molar-refractivity contribution in [2.45, 2.75) is 6.42 Å². The monoisotopic (exact) mass is 243 g/mol. The predicted octanol–water partition coefficient (Wildman–Crippen LogP) is 1.56. The molecule has 0 aliphatic carbocycles. The third-order valence-electron chi connectivity index (χ3n) is 2.81. The van der Waals surface area contributed by atoms with Crippen LogP contribution in [0, 0.1) is 0 Å². The third kappa shape index (κ3) is 2.65. The number of aromatic nitrogens is 2. The number of rotatable bonds is 4. The molecule has 1 aromatic carbocycles. The Morgan fingerprint density at radius 3 is 3.06 bits per heavy atom. The summed E-state index contributed by atoms with van der Waals surface area (Å²) in [6.45, 7) is 0.952. The van der Waals surface area contributed by atoms with E-state index < -0.39 is 0 Å². The van der Waals surface area contributed by atoms with Gasteiger partial charge in [0, 0.05) is 7.05 Å². The molecule has 0 radical (unpaired) electrons. The molecule has 0 spiro atoms. The first-order chi connectivity index (χ1) is 8.72. The largest absolute Gasteiger partial charge is 0.319 e. The van der Waals surface area contributed by atoms with Crippen molar-refractivity contribution >= 4 is 17.0 Å². The Bertz CT molecular complexity index is 628. The Morgan fingerprint density at radius 2 is 2.28 bits per heavy atom. The quantitative estimate of drug-likeness (QED) is 0.829. The number of nitrogens with zero attached hydrogens (tertiary/aromatic N) is 2. The van der Waals surface area contributed by atoms with Crippen molar-refractivity contribution in [2.24, 2.45) is 7.05 Å². The number of nitrogens with one attached hydrogen (secondary N) is 1. The normalized spacial score (nSPS) is 11.4. The zero-order chi connectivity index (χ0) is 13.0. The third-order valence-corrected chi connectivity index (χ3v) is 2.81. The van der Waals surface area contributed by atoms with E-state index in [1.54, 1.807) is 13.4 Å². The van der Waals surface area contributed by atoms with Gasteiger partial charge in [-0.2, -0.15) is 0 Å². The van der Waals surface area contributed by atoms with Crippen LogP contribution in [-0.2, 0) is 7.05 Å². The molecule has 0 aliphatic heterocycles. The summed E-state index contributed by atoms with van der Waals surface area (Å²) in [6.07, 6.45) is 6.65. The van der Waals surface area contributed by atoms with E-state index in [-0.39, 0.29) is 5.56 Å². The standard InChI is InChI=1S/C14H17N3O/c1-15-8-4-3-5-11-6-7-13-12(9-11)14(18)17(2)10-16-13/h3,5-7,9-10,15H,4,8H2,1-2H3. The molecule has 1 aromatic heterocycles. The highest BCUT2D eigenvalue weighted by Gasteiger charge is 2.01. The van der Waals surface area contributed by atoms with Crippen molar-refractivity contribution < 1.29 is 0 Å². The maximum atomic E-state index is 11.9. The maximum Gasteiger partial charge on any atom is 0.260 e. The first-order valence-electron chi connectivity index (χ1n) is 5.99. The topological polar surface area (TPSA) is 46.9 Å². The molecule has 2 aromatic rings. The Kier molecular flexibility index (Phi) is 3.89. The van der Waals surface area contributed by atoms with Gasteiger partial charge in [-0.25, -0.2) is 4.98 Å². The van der Waals surface area contributed by atoms with E-state index in [4.69, 9.17) is 0 Å². The SMILES string of the molecule is CNCCC=Cc1ccc2ncn(C)c(=O)c2c1. The van der Waals surface area contributed by atoms with Crippen LogP contribution in [0.25, 0.3) is 17.0 Å². The van der Waals surface area contributed by atoms with Gasteiger partial charge in [0.05, 0.1) is 17.2 Å². The second-order valence-electron chi connectivity index (χ2n) is 4.23. The fourth-order valence-corrected chi connectivity index (χ4v) is 1.78. The molecule has 0 aliphatic rings. The van der Waals surface area contributed by atoms with E-state index in [1.165, 1.54) is 4.57 Å². The summed E-state index contributed by atoms with van der Waals surface area (Å²) in [5, 5.41) is 3.75. The van der Waals surface area contributed by atoms with Crippen LogP contribution < -0.4 is 10.9 Å². The van der Waals surface area contributed by atoms with Crippen LogP contribution in [0.2, 0.25) is 0 Å². The van der Waals surface area contributed by atoms with Gasteiger partial charge in [-0.05, 0) is 37.7 Å². The summed E-state index contributed by atoms with van der Waals surface area (Å²) in [5.74, 6) is 0. The molecule has 4 nitrogen and oxygen atoms in total. The summed E-state index contributed by atoms with van der Waals surface area (Å²) in [6, 6.07) is 5.75. The minimum absolute atomic E-state index is 0.00882. The van der Waals surface area contributed by atoms with Crippen LogP contribution in [0.4, 0.5) is 0 Å². The van der Waals surface area contributed by atoms with Gasteiger partial charge in [0.15, 0.2) is 0 Å². The van der Waals surface area contributed by atoms with Crippen LogP contribution in [-0.4, -0.2) is 23.1 Å². The van der Waals surface area contributed by atoms with E-state index in [9.17, 15) is 4.79 Å². The van der Waals surface area contributed by atoms with Crippen molar-refractivity contribution in [3.63, 3.8) is 0 Å². The molecule has 0 amide bonds. The van der Waals surface area contributed by atoms with E-state index in [0.717, 1.165) is 24.0 Å². The fraction of sp³-hybridized carbons (Fsp3) is 0.286. The summed E-state index contributed by atoms with van der Waals surface area (Å²) in [5.41, 5.74) is 1.76. The van der Waals surface area contributed by atoms with Crippen molar-refractivity contribution in [1.29, 1.82) is 0 Å². The second kappa shape index (κ2) is 5.60. The van der Waals surface area contributed by atoms with Crippen LogP contribution in [0.5, 0.6) is 0 Å². The van der Waals surface area contributed by atoms with Crippen molar-refractivity contribution in [3.8, 4) is 0 Å². The molecule has 0 fully saturated rings. The zero-order valence-electron chi connectivity index (χ0n) is 10.7. The lowest BCUT2D eigenvalue weighted by Crippen LogP contribution is -2.16. The minimum atomic E-state index is -0.00882. The van der Waals surface area contributed by atoms with Gasteiger partial charge in [-0.15, -0.1) is 0 Å². The first kappa shape index (κ1) is 12.5. The summed E-state index contributed by atoms with van der Waals surface area (Å²) in [4.78, 5) is 16.2. The van der Waals surface area contributed by atoms with Gasteiger partial charge in [-0.1, -0.05) is 18.2 Å². The Balaban J connectivity index is 2.35. The first-order valence-corrected chi connectivity index (χ1v) is 5.99. The van der Waals surface area contributed by atoms with Gasteiger partial charge in [0.2, 0.25) is 0 Å². The molecule has 1 N–H and O–H groups in total. The molecule has 4 heteroatoms. The van der Waals surface area contributed by atoms with E-state index >= 15 is 0 Å². The number of fused-ring (bicyclic) bond motifs is 1. The molecule has 0 atom stereocenters. The molecule has 0 saturated heterocycles. The number of hydrogen-bond acceptors (Lipinski definition) is 3. The number of hydrogen-bond donors (Lipinski definition) is 1. The lowest BCUT2D eigenvalue weighted by Gasteiger charge is -2.01. The summed E-state index contributed by atoms with van der Waals surface area (Å²) in [7, 11) is 3.64. The van der Waals surface area contributed by atoms with Crippen LogP contribution in [0.15, 0.2) is 35.4 Å². The molecule has 1 heterocycles. The minimum Gasteiger partial charge on any atom is -0.319 e. The Labute approximate surface area is 106 Å². The van der Waals surface area contributed by atoms with Crippen molar-refractivity contribution in [2.75, 3.05) is 13.6 Å². The molecule has 2 rings (SSSR count). The van der Waals surface area contributed by atoms with Gasteiger partial charge in [-0.3, -0.25) is 4.79 Å². The highest BCUT2D eigenvalue weighted by atomic mass is 16.1. The molecule has 0 unspecified atom stereocenters. The smallest absolute Gasteiger partial charge is 0.260 e.